The Morgan fingerprint density at radius 3 is 2.60 bits per heavy atom. The third kappa shape index (κ3) is 3.74. The predicted molar refractivity (Wildman–Crippen MR) is 85.2 cm³/mol. The summed E-state index contributed by atoms with van der Waals surface area (Å²) in [5.74, 6) is 0.0129. The van der Waals surface area contributed by atoms with E-state index in [-0.39, 0.29) is 11.8 Å². The molecule has 5 heteroatoms. The SMILES string of the molecule is NC(=NO)C(CNc1cccc(Br)c1)c1ccccc1. The minimum absolute atomic E-state index is 0.180. The van der Waals surface area contributed by atoms with Crippen molar-refractivity contribution in [3.63, 3.8) is 0 Å². The van der Waals surface area contributed by atoms with Crippen LogP contribution < -0.4 is 11.1 Å². The van der Waals surface area contributed by atoms with Crippen LogP contribution in [0.25, 0.3) is 0 Å². The van der Waals surface area contributed by atoms with Crippen LogP contribution >= 0.6 is 15.9 Å². The average Bonchev–Trinajstić information content (AvgIpc) is 2.48. The zero-order valence-corrected chi connectivity index (χ0v) is 12.4. The fourth-order valence-corrected chi connectivity index (χ4v) is 2.37. The van der Waals surface area contributed by atoms with Gasteiger partial charge in [0.2, 0.25) is 0 Å². The molecule has 0 bridgehead atoms. The molecule has 1 unspecified atom stereocenters. The first kappa shape index (κ1) is 14.4. The summed E-state index contributed by atoms with van der Waals surface area (Å²) in [5.41, 5.74) is 7.78. The smallest absolute Gasteiger partial charge is 0.148 e. The number of nitrogens with two attached hydrogens (primary N) is 1. The van der Waals surface area contributed by atoms with Gasteiger partial charge < -0.3 is 16.3 Å². The van der Waals surface area contributed by atoms with E-state index < -0.39 is 0 Å². The summed E-state index contributed by atoms with van der Waals surface area (Å²) in [6.07, 6.45) is 0. The maximum Gasteiger partial charge on any atom is 0.148 e. The van der Waals surface area contributed by atoms with Crippen LogP contribution in [-0.4, -0.2) is 17.6 Å². The molecule has 4 N–H and O–H groups in total. The van der Waals surface area contributed by atoms with Gasteiger partial charge in [-0.25, -0.2) is 0 Å². The molecule has 1 atom stereocenters. The van der Waals surface area contributed by atoms with E-state index in [1.165, 1.54) is 0 Å². The molecule has 0 spiro atoms. The zero-order valence-electron chi connectivity index (χ0n) is 10.8. The van der Waals surface area contributed by atoms with E-state index in [9.17, 15) is 0 Å². The van der Waals surface area contributed by atoms with Crippen LogP contribution in [0.3, 0.4) is 0 Å². The summed E-state index contributed by atoms with van der Waals surface area (Å²) in [4.78, 5) is 0. The van der Waals surface area contributed by atoms with Gasteiger partial charge in [0.25, 0.3) is 0 Å². The van der Waals surface area contributed by atoms with Crippen molar-refractivity contribution in [1.82, 2.24) is 0 Å². The Morgan fingerprint density at radius 2 is 1.95 bits per heavy atom. The van der Waals surface area contributed by atoms with Gasteiger partial charge >= 0.3 is 0 Å². The topological polar surface area (TPSA) is 70.6 Å². The van der Waals surface area contributed by atoms with Crippen molar-refractivity contribution in [1.29, 1.82) is 0 Å². The Hall–Kier alpha value is -2.01. The van der Waals surface area contributed by atoms with Crippen molar-refractivity contribution in [2.45, 2.75) is 5.92 Å². The zero-order chi connectivity index (χ0) is 14.4. The first-order chi connectivity index (χ1) is 9.70. The highest BCUT2D eigenvalue weighted by molar-refractivity contribution is 9.10. The van der Waals surface area contributed by atoms with Crippen molar-refractivity contribution >= 4 is 27.5 Å². The molecule has 2 aromatic carbocycles. The fourth-order valence-electron chi connectivity index (χ4n) is 1.97. The molecular weight excluding hydrogens is 318 g/mol. The van der Waals surface area contributed by atoms with Crippen molar-refractivity contribution in [2.75, 3.05) is 11.9 Å². The number of benzene rings is 2. The Labute approximate surface area is 126 Å². The van der Waals surface area contributed by atoms with Gasteiger partial charge in [0, 0.05) is 16.7 Å². The van der Waals surface area contributed by atoms with E-state index in [0.717, 1.165) is 15.7 Å². The van der Waals surface area contributed by atoms with E-state index in [1.807, 2.05) is 54.6 Å². The molecule has 0 aliphatic rings. The number of hydrogen-bond acceptors (Lipinski definition) is 3. The molecule has 4 nitrogen and oxygen atoms in total. The maximum atomic E-state index is 8.94. The fraction of sp³-hybridized carbons (Fsp3) is 0.133. The second kappa shape index (κ2) is 6.96. The predicted octanol–water partition coefficient (Wildman–Crippen LogP) is 3.39. The summed E-state index contributed by atoms with van der Waals surface area (Å²) >= 11 is 3.43. The van der Waals surface area contributed by atoms with Crippen molar-refractivity contribution in [3.05, 3.63) is 64.6 Å². The highest BCUT2D eigenvalue weighted by Crippen LogP contribution is 2.19. The van der Waals surface area contributed by atoms with Gasteiger partial charge in [-0.15, -0.1) is 0 Å². The lowest BCUT2D eigenvalue weighted by Gasteiger charge is -2.17. The van der Waals surface area contributed by atoms with Crippen LogP contribution in [-0.2, 0) is 0 Å². The number of amidine groups is 1. The highest BCUT2D eigenvalue weighted by Gasteiger charge is 2.16. The number of hydrogen-bond donors (Lipinski definition) is 3. The van der Waals surface area contributed by atoms with Gasteiger partial charge in [-0.1, -0.05) is 57.5 Å². The number of rotatable bonds is 5. The van der Waals surface area contributed by atoms with Crippen molar-refractivity contribution in [3.8, 4) is 0 Å². The average molecular weight is 334 g/mol. The summed E-state index contributed by atoms with van der Waals surface area (Å²) in [6.45, 7) is 0.552. The molecule has 0 aromatic heterocycles. The highest BCUT2D eigenvalue weighted by atomic mass is 79.9. The molecule has 0 heterocycles. The van der Waals surface area contributed by atoms with Gasteiger partial charge in [-0.05, 0) is 23.8 Å². The molecular formula is C15H16BrN3O. The first-order valence-electron chi connectivity index (χ1n) is 6.22. The van der Waals surface area contributed by atoms with Crippen LogP contribution in [0.2, 0.25) is 0 Å². The number of oxime groups is 1. The molecule has 0 saturated heterocycles. The lowest BCUT2D eigenvalue weighted by molar-refractivity contribution is 0.316. The number of nitrogens with zero attached hydrogens (tertiary/aromatic N) is 1. The van der Waals surface area contributed by atoms with E-state index in [2.05, 4.69) is 26.4 Å². The Bertz CT molecular complexity index is 587. The van der Waals surface area contributed by atoms with E-state index in [0.29, 0.717) is 6.54 Å². The Kier molecular flexibility index (Phi) is 5.01. The summed E-state index contributed by atoms with van der Waals surface area (Å²) < 4.78 is 1.00. The minimum Gasteiger partial charge on any atom is -0.409 e. The van der Waals surface area contributed by atoms with Gasteiger partial charge in [0.15, 0.2) is 0 Å². The molecule has 0 amide bonds. The monoisotopic (exact) mass is 333 g/mol. The van der Waals surface area contributed by atoms with Gasteiger partial charge in [0.05, 0.1) is 5.92 Å². The van der Waals surface area contributed by atoms with Gasteiger partial charge in [-0.2, -0.15) is 0 Å². The number of nitrogens with one attached hydrogen (secondary N) is 1. The molecule has 0 saturated carbocycles. The molecule has 0 aliphatic heterocycles. The van der Waals surface area contributed by atoms with Crippen molar-refractivity contribution < 1.29 is 5.21 Å². The van der Waals surface area contributed by atoms with E-state index >= 15 is 0 Å². The lowest BCUT2D eigenvalue weighted by Crippen LogP contribution is -2.28. The van der Waals surface area contributed by atoms with Gasteiger partial charge in [-0.3, -0.25) is 0 Å². The van der Waals surface area contributed by atoms with Crippen LogP contribution in [0.1, 0.15) is 11.5 Å². The first-order valence-corrected chi connectivity index (χ1v) is 7.02. The normalized spacial score (nSPS) is 12.9. The van der Waals surface area contributed by atoms with Crippen molar-refractivity contribution in [2.24, 2.45) is 10.9 Å². The van der Waals surface area contributed by atoms with Gasteiger partial charge in [0.1, 0.15) is 5.84 Å². The molecule has 0 aliphatic carbocycles. The van der Waals surface area contributed by atoms with Crippen LogP contribution in [0.5, 0.6) is 0 Å². The maximum absolute atomic E-state index is 8.94. The summed E-state index contributed by atoms with van der Waals surface area (Å²) in [5, 5.41) is 15.4. The van der Waals surface area contributed by atoms with Crippen LogP contribution in [0, 0.1) is 0 Å². The summed E-state index contributed by atoms with van der Waals surface area (Å²) in [6, 6.07) is 17.6. The second-order valence-electron chi connectivity index (χ2n) is 4.38. The molecule has 2 rings (SSSR count). The molecule has 20 heavy (non-hydrogen) atoms. The Morgan fingerprint density at radius 1 is 1.20 bits per heavy atom. The van der Waals surface area contributed by atoms with E-state index in [1.54, 1.807) is 0 Å². The largest absolute Gasteiger partial charge is 0.409 e. The third-order valence-corrected chi connectivity index (χ3v) is 3.50. The molecule has 0 radical (unpaired) electrons. The van der Waals surface area contributed by atoms with Crippen LogP contribution in [0.4, 0.5) is 5.69 Å². The quantitative estimate of drug-likeness (QED) is 0.340. The lowest BCUT2D eigenvalue weighted by atomic mass is 9.98. The Balaban J connectivity index is 2.13. The van der Waals surface area contributed by atoms with Crippen LogP contribution in [0.15, 0.2) is 64.2 Å². The summed E-state index contributed by atoms with van der Waals surface area (Å²) in [7, 11) is 0. The second-order valence-corrected chi connectivity index (χ2v) is 5.30. The molecule has 104 valence electrons. The third-order valence-electron chi connectivity index (χ3n) is 3.01. The van der Waals surface area contributed by atoms with E-state index in [4.69, 9.17) is 10.9 Å². The molecule has 0 fully saturated rings. The number of anilines is 1. The molecule has 2 aromatic rings. The minimum atomic E-state index is -0.180. The number of halogens is 1. The standard InChI is InChI=1S/C15H16BrN3O/c16-12-7-4-8-13(9-12)18-10-14(15(17)19-20)11-5-2-1-3-6-11/h1-9,14,18,20H,10H2,(H2,17,19).